The minimum absolute atomic E-state index is 0.184. The number of carbonyl (C=O) groups is 1. The first kappa shape index (κ1) is 17.0. The lowest BCUT2D eigenvalue weighted by Gasteiger charge is -2.21. The van der Waals surface area contributed by atoms with Gasteiger partial charge in [-0.1, -0.05) is 12.1 Å². The average Bonchev–Trinajstić information content (AvgIpc) is 2.46. The van der Waals surface area contributed by atoms with Crippen LogP contribution in [0, 0.1) is 11.6 Å². The molecule has 8 heteroatoms. The zero-order chi connectivity index (χ0) is 17.0. The minimum atomic E-state index is -4.08. The number of benzene rings is 2. The molecule has 2 aromatic rings. The van der Waals surface area contributed by atoms with Crippen molar-refractivity contribution in [1.82, 2.24) is 4.31 Å². The second-order valence-corrected chi connectivity index (χ2v) is 6.76. The van der Waals surface area contributed by atoms with E-state index in [1.165, 1.54) is 18.2 Å². The van der Waals surface area contributed by atoms with Crippen LogP contribution in [0.4, 0.5) is 8.78 Å². The van der Waals surface area contributed by atoms with Gasteiger partial charge in [-0.15, -0.1) is 0 Å². The van der Waals surface area contributed by atoms with Crippen LogP contribution in [0.15, 0.2) is 53.4 Å². The van der Waals surface area contributed by atoms with Crippen molar-refractivity contribution in [1.29, 1.82) is 0 Å². The topological polar surface area (TPSA) is 80.5 Å². The van der Waals surface area contributed by atoms with Crippen molar-refractivity contribution in [3.8, 4) is 0 Å². The largest absolute Gasteiger partial charge is 0.369 e. The Balaban J connectivity index is 2.37. The van der Waals surface area contributed by atoms with Crippen molar-refractivity contribution >= 4 is 15.9 Å². The summed E-state index contributed by atoms with van der Waals surface area (Å²) in [5, 5.41) is 0. The molecule has 23 heavy (non-hydrogen) atoms. The fourth-order valence-corrected chi connectivity index (χ4v) is 3.39. The van der Waals surface area contributed by atoms with Gasteiger partial charge in [-0.25, -0.2) is 17.2 Å². The van der Waals surface area contributed by atoms with Crippen molar-refractivity contribution in [3.63, 3.8) is 0 Å². The molecule has 2 aromatic carbocycles. The number of halogens is 2. The fourth-order valence-electron chi connectivity index (χ4n) is 1.99. The van der Waals surface area contributed by atoms with Gasteiger partial charge in [-0.05, 0) is 42.0 Å². The smallest absolute Gasteiger partial charge is 0.243 e. The molecule has 0 aliphatic rings. The van der Waals surface area contributed by atoms with Crippen LogP contribution in [0.5, 0.6) is 0 Å². The maximum absolute atomic E-state index is 13.2. The van der Waals surface area contributed by atoms with Crippen molar-refractivity contribution in [2.45, 2.75) is 11.4 Å². The first-order chi connectivity index (χ1) is 10.8. The Bertz CT molecular complexity index is 808. The second kappa shape index (κ2) is 6.84. The number of hydrogen-bond donors (Lipinski definition) is 1. The van der Waals surface area contributed by atoms with Crippen LogP contribution in [-0.4, -0.2) is 25.2 Å². The first-order valence-corrected chi connectivity index (χ1v) is 8.01. The predicted molar refractivity (Wildman–Crippen MR) is 79.6 cm³/mol. The molecule has 0 unspecified atom stereocenters. The number of hydrogen-bond acceptors (Lipinski definition) is 3. The zero-order valence-corrected chi connectivity index (χ0v) is 12.8. The Hall–Kier alpha value is -2.32. The molecule has 0 saturated heterocycles. The number of carbonyl (C=O) groups excluding carboxylic acids is 1. The molecule has 1 amide bonds. The third-order valence-electron chi connectivity index (χ3n) is 3.03. The summed E-state index contributed by atoms with van der Waals surface area (Å²) in [6.45, 7) is -0.809. The summed E-state index contributed by atoms with van der Waals surface area (Å²) in [4.78, 5) is 11.0. The highest BCUT2D eigenvalue weighted by atomic mass is 32.2. The third kappa shape index (κ3) is 4.33. The van der Waals surface area contributed by atoms with Crippen LogP contribution < -0.4 is 5.73 Å². The van der Waals surface area contributed by atoms with E-state index in [-0.39, 0.29) is 11.4 Å². The van der Waals surface area contributed by atoms with Crippen LogP contribution in [0.3, 0.4) is 0 Å². The maximum atomic E-state index is 13.2. The first-order valence-electron chi connectivity index (χ1n) is 6.57. The number of nitrogens with zero attached hydrogens (tertiary/aromatic N) is 1. The molecular formula is C15H14F2N2O3S. The summed E-state index contributed by atoms with van der Waals surface area (Å²) in [5.41, 5.74) is 5.45. The van der Waals surface area contributed by atoms with Gasteiger partial charge < -0.3 is 5.73 Å². The lowest BCUT2D eigenvalue weighted by Crippen LogP contribution is -2.38. The van der Waals surface area contributed by atoms with Gasteiger partial charge in [-0.2, -0.15) is 4.31 Å². The average molecular weight is 340 g/mol. The van der Waals surface area contributed by atoms with E-state index in [0.717, 1.165) is 34.6 Å². The van der Waals surface area contributed by atoms with Crippen molar-refractivity contribution in [2.75, 3.05) is 6.54 Å². The Morgan fingerprint density at radius 2 is 1.70 bits per heavy atom. The molecule has 0 fully saturated rings. The van der Waals surface area contributed by atoms with E-state index < -0.39 is 34.1 Å². The number of sulfonamides is 1. The summed E-state index contributed by atoms with van der Waals surface area (Å²) < 4.78 is 52.2. The molecule has 0 atom stereocenters. The van der Waals surface area contributed by atoms with Crippen LogP contribution in [0.25, 0.3) is 0 Å². The SMILES string of the molecule is NC(=O)CN(Cc1cccc(F)c1)S(=O)(=O)c1ccc(F)cc1. The highest BCUT2D eigenvalue weighted by molar-refractivity contribution is 7.89. The Morgan fingerprint density at radius 3 is 2.26 bits per heavy atom. The van der Waals surface area contributed by atoms with E-state index in [4.69, 9.17) is 5.73 Å². The molecule has 0 heterocycles. The van der Waals surface area contributed by atoms with E-state index in [1.807, 2.05) is 0 Å². The van der Waals surface area contributed by atoms with Crippen LogP contribution in [-0.2, 0) is 21.4 Å². The van der Waals surface area contributed by atoms with Gasteiger partial charge in [0, 0.05) is 6.54 Å². The zero-order valence-electron chi connectivity index (χ0n) is 11.9. The fraction of sp³-hybridized carbons (Fsp3) is 0.133. The summed E-state index contributed by atoms with van der Waals surface area (Å²) in [5.74, 6) is -1.97. The molecule has 0 saturated carbocycles. The summed E-state index contributed by atoms with van der Waals surface area (Å²) >= 11 is 0. The molecule has 0 aliphatic heterocycles. The molecule has 122 valence electrons. The highest BCUT2D eigenvalue weighted by Crippen LogP contribution is 2.19. The van der Waals surface area contributed by atoms with Gasteiger partial charge in [-0.3, -0.25) is 4.79 Å². The molecule has 0 radical (unpaired) electrons. The van der Waals surface area contributed by atoms with Crippen molar-refractivity contribution < 1.29 is 22.0 Å². The maximum Gasteiger partial charge on any atom is 0.243 e. The van der Waals surface area contributed by atoms with Crippen LogP contribution in [0.1, 0.15) is 5.56 Å². The van der Waals surface area contributed by atoms with Gasteiger partial charge in [0.05, 0.1) is 11.4 Å². The number of rotatable bonds is 6. The van der Waals surface area contributed by atoms with E-state index in [1.54, 1.807) is 0 Å². The standard InChI is InChI=1S/C15H14F2N2O3S/c16-12-4-6-14(7-5-12)23(21,22)19(10-15(18)20)9-11-2-1-3-13(17)8-11/h1-8H,9-10H2,(H2,18,20). The Labute approximate surface area is 132 Å². The van der Waals surface area contributed by atoms with E-state index >= 15 is 0 Å². The predicted octanol–water partition coefficient (Wildman–Crippen LogP) is 1.64. The van der Waals surface area contributed by atoms with E-state index in [0.29, 0.717) is 5.56 Å². The summed E-state index contributed by atoms with van der Waals surface area (Å²) in [7, 11) is -4.08. The lowest BCUT2D eigenvalue weighted by molar-refractivity contribution is -0.118. The Kier molecular flexibility index (Phi) is 5.07. The number of amides is 1. The van der Waals surface area contributed by atoms with Crippen molar-refractivity contribution in [2.24, 2.45) is 5.73 Å². The normalized spacial score (nSPS) is 11.6. The number of nitrogens with two attached hydrogens (primary N) is 1. The van der Waals surface area contributed by atoms with Gasteiger partial charge in [0.1, 0.15) is 11.6 Å². The van der Waals surface area contributed by atoms with Gasteiger partial charge in [0.25, 0.3) is 0 Å². The molecule has 0 aromatic heterocycles. The van der Waals surface area contributed by atoms with Gasteiger partial charge in [0.2, 0.25) is 15.9 Å². The molecule has 0 spiro atoms. The summed E-state index contributed by atoms with van der Waals surface area (Å²) in [6.07, 6.45) is 0. The van der Waals surface area contributed by atoms with Gasteiger partial charge >= 0.3 is 0 Å². The van der Waals surface area contributed by atoms with E-state index in [2.05, 4.69) is 0 Å². The second-order valence-electron chi connectivity index (χ2n) is 4.82. The lowest BCUT2D eigenvalue weighted by atomic mass is 10.2. The highest BCUT2D eigenvalue weighted by Gasteiger charge is 2.26. The minimum Gasteiger partial charge on any atom is -0.369 e. The van der Waals surface area contributed by atoms with E-state index in [9.17, 15) is 22.0 Å². The summed E-state index contributed by atoms with van der Waals surface area (Å²) in [6, 6.07) is 9.50. The molecular weight excluding hydrogens is 326 g/mol. The molecule has 0 bridgehead atoms. The quantitative estimate of drug-likeness (QED) is 0.868. The Morgan fingerprint density at radius 1 is 1.04 bits per heavy atom. The van der Waals surface area contributed by atoms with Crippen LogP contribution >= 0.6 is 0 Å². The van der Waals surface area contributed by atoms with Gasteiger partial charge in [0.15, 0.2) is 0 Å². The molecule has 5 nitrogen and oxygen atoms in total. The monoisotopic (exact) mass is 340 g/mol. The molecule has 2 N–H and O–H groups in total. The molecule has 2 rings (SSSR count). The third-order valence-corrected chi connectivity index (χ3v) is 4.84. The molecule has 0 aliphatic carbocycles. The van der Waals surface area contributed by atoms with Crippen LogP contribution in [0.2, 0.25) is 0 Å². The van der Waals surface area contributed by atoms with Crippen molar-refractivity contribution in [3.05, 3.63) is 65.7 Å². The number of primary amides is 1.